The summed E-state index contributed by atoms with van der Waals surface area (Å²) in [7, 11) is 0. The number of nitrogens with one attached hydrogen (secondary N) is 1. The first kappa shape index (κ1) is 59.1. The Morgan fingerprint density at radius 3 is 1.31 bits per heavy atom. The van der Waals surface area contributed by atoms with E-state index in [4.69, 9.17) is 4.74 Å². The van der Waals surface area contributed by atoms with Crippen LogP contribution in [0.1, 0.15) is 277 Å². The summed E-state index contributed by atoms with van der Waals surface area (Å²) < 4.78 is 5.44. The van der Waals surface area contributed by atoms with Crippen molar-refractivity contribution in [2.24, 2.45) is 0 Å². The van der Waals surface area contributed by atoms with Crippen molar-refractivity contribution in [2.45, 2.75) is 289 Å². The van der Waals surface area contributed by atoms with Crippen LogP contribution in [0.5, 0.6) is 0 Å². The molecule has 1 amide bonds. The second-order valence-electron chi connectivity index (χ2n) is 18.2. The zero-order valence-electron chi connectivity index (χ0n) is 40.6. The van der Waals surface area contributed by atoms with E-state index in [1.807, 2.05) is 0 Å². The van der Waals surface area contributed by atoms with Gasteiger partial charge in [0, 0.05) is 12.8 Å². The van der Waals surface area contributed by atoms with Crippen LogP contribution >= 0.6 is 0 Å². The van der Waals surface area contributed by atoms with E-state index in [-0.39, 0.29) is 18.5 Å². The van der Waals surface area contributed by atoms with Gasteiger partial charge in [0.15, 0.2) is 0 Å². The lowest BCUT2D eigenvalue weighted by molar-refractivity contribution is -0.143. The minimum absolute atomic E-state index is 0.0490. The number of esters is 1. The van der Waals surface area contributed by atoms with E-state index < -0.39 is 12.1 Å². The SMILES string of the molecule is CCCCCC/C=C\C/C=C\CCCCCCCC(=O)OCCCCCC/C=C\CCCC(=O)NC(CO)C(O)CCCCCCCCCCCCCCCCCCCCC. The molecule has 0 bridgehead atoms. The fourth-order valence-corrected chi connectivity index (χ4v) is 8.03. The van der Waals surface area contributed by atoms with Gasteiger partial charge in [-0.25, -0.2) is 0 Å². The zero-order valence-corrected chi connectivity index (χ0v) is 40.6. The van der Waals surface area contributed by atoms with Gasteiger partial charge >= 0.3 is 5.97 Å². The molecule has 0 fully saturated rings. The number of carbonyl (C=O) groups is 2. The smallest absolute Gasteiger partial charge is 0.305 e. The van der Waals surface area contributed by atoms with Gasteiger partial charge in [-0.15, -0.1) is 0 Å². The molecule has 6 heteroatoms. The quantitative estimate of drug-likeness (QED) is 0.0322. The first-order chi connectivity index (χ1) is 30.0. The third kappa shape index (κ3) is 47.4. The predicted octanol–water partition coefficient (Wildman–Crippen LogP) is 16.1. The summed E-state index contributed by atoms with van der Waals surface area (Å²) in [6.07, 6.45) is 61.2. The topological polar surface area (TPSA) is 95.9 Å². The first-order valence-electron chi connectivity index (χ1n) is 26.7. The third-order valence-corrected chi connectivity index (χ3v) is 12.2. The van der Waals surface area contributed by atoms with Crippen molar-refractivity contribution >= 4 is 11.9 Å². The normalized spacial score (nSPS) is 12.9. The Kier molecular flexibility index (Phi) is 49.1. The highest BCUT2D eigenvalue weighted by atomic mass is 16.5. The average molecular weight is 858 g/mol. The number of aliphatic hydroxyl groups excluding tert-OH is 2. The molecule has 0 aliphatic rings. The average Bonchev–Trinajstić information content (AvgIpc) is 3.26. The van der Waals surface area contributed by atoms with E-state index in [1.54, 1.807) is 0 Å². The fourth-order valence-electron chi connectivity index (χ4n) is 8.03. The lowest BCUT2D eigenvalue weighted by Crippen LogP contribution is -2.45. The summed E-state index contributed by atoms with van der Waals surface area (Å²) >= 11 is 0. The number of aliphatic hydroxyl groups is 2. The molecule has 0 aromatic carbocycles. The predicted molar refractivity (Wildman–Crippen MR) is 264 cm³/mol. The van der Waals surface area contributed by atoms with E-state index in [2.05, 4.69) is 55.6 Å². The van der Waals surface area contributed by atoms with E-state index in [1.165, 1.54) is 161 Å². The molecule has 2 atom stereocenters. The summed E-state index contributed by atoms with van der Waals surface area (Å²) in [5.41, 5.74) is 0. The van der Waals surface area contributed by atoms with E-state index in [9.17, 15) is 19.8 Å². The maximum absolute atomic E-state index is 12.4. The van der Waals surface area contributed by atoms with Crippen molar-refractivity contribution in [3.63, 3.8) is 0 Å². The molecular weight excluding hydrogens is 755 g/mol. The van der Waals surface area contributed by atoms with Gasteiger partial charge in [-0.2, -0.15) is 0 Å². The van der Waals surface area contributed by atoms with Gasteiger partial charge in [0.25, 0.3) is 0 Å². The van der Waals surface area contributed by atoms with Gasteiger partial charge < -0.3 is 20.3 Å². The van der Waals surface area contributed by atoms with Crippen LogP contribution < -0.4 is 5.32 Å². The Labute approximate surface area is 379 Å². The fraction of sp³-hybridized carbons (Fsp3) is 0.855. The molecular formula is C55H103NO5. The summed E-state index contributed by atoms with van der Waals surface area (Å²) in [6.45, 7) is 4.84. The summed E-state index contributed by atoms with van der Waals surface area (Å²) in [5, 5.41) is 23.2. The minimum atomic E-state index is -0.697. The van der Waals surface area contributed by atoms with Crippen LogP contribution in [0.2, 0.25) is 0 Å². The monoisotopic (exact) mass is 858 g/mol. The van der Waals surface area contributed by atoms with Gasteiger partial charge in [-0.1, -0.05) is 224 Å². The molecule has 0 aromatic heterocycles. The maximum Gasteiger partial charge on any atom is 0.305 e. The van der Waals surface area contributed by atoms with Gasteiger partial charge in [0.2, 0.25) is 5.91 Å². The molecule has 3 N–H and O–H groups in total. The minimum Gasteiger partial charge on any atom is -0.466 e. The number of unbranched alkanes of at least 4 members (excludes halogenated alkanes) is 32. The van der Waals surface area contributed by atoms with Crippen molar-refractivity contribution in [1.29, 1.82) is 0 Å². The number of allylic oxidation sites excluding steroid dienone is 6. The van der Waals surface area contributed by atoms with E-state index in [0.29, 0.717) is 25.9 Å². The molecule has 0 heterocycles. The molecule has 61 heavy (non-hydrogen) atoms. The van der Waals surface area contributed by atoms with Crippen molar-refractivity contribution in [2.75, 3.05) is 13.2 Å². The maximum atomic E-state index is 12.4. The van der Waals surface area contributed by atoms with Crippen molar-refractivity contribution in [3.05, 3.63) is 36.5 Å². The molecule has 0 aliphatic heterocycles. The zero-order chi connectivity index (χ0) is 44.4. The molecule has 0 rings (SSSR count). The van der Waals surface area contributed by atoms with Crippen LogP contribution in [0, 0.1) is 0 Å². The van der Waals surface area contributed by atoms with Crippen molar-refractivity contribution in [1.82, 2.24) is 5.32 Å². The lowest BCUT2D eigenvalue weighted by Gasteiger charge is -2.22. The Hall–Kier alpha value is -1.92. The Bertz CT molecular complexity index is 993. The summed E-state index contributed by atoms with van der Waals surface area (Å²) in [4.78, 5) is 24.5. The molecule has 358 valence electrons. The van der Waals surface area contributed by atoms with Gasteiger partial charge in [-0.3, -0.25) is 9.59 Å². The highest BCUT2D eigenvalue weighted by Crippen LogP contribution is 2.16. The van der Waals surface area contributed by atoms with Crippen LogP contribution in [0.15, 0.2) is 36.5 Å². The number of hydrogen-bond acceptors (Lipinski definition) is 5. The van der Waals surface area contributed by atoms with E-state index in [0.717, 1.165) is 83.5 Å². The highest BCUT2D eigenvalue weighted by molar-refractivity contribution is 5.76. The van der Waals surface area contributed by atoms with Crippen molar-refractivity contribution in [3.8, 4) is 0 Å². The molecule has 2 unspecified atom stereocenters. The molecule has 0 radical (unpaired) electrons. The van der Waals surface area contributed by atoms with Crippen LogP contribution in [0.25, 0.3) is 0 Å². The standard InChI is InChI=1S/C55H103NO5/c1-3-5-7-9-11-13-15-17-19-21-22-23-24-26-28-31-35-39-43-47-53(58)52(51-57)56-54(59)48-44-40-36-32-30-34-38-42-46-50-61-55(60)49-45-41-37-33-29-27-25-20-18-16-14-12-10-8-6-4-2/h14,16,20,25,32,36,52-53,57-58H,3-13,15,17-19,21-24,26-31,33-35,37-51H2,1-2H3,(H,56,59)/b16-14-,25-20-,36-32-. The second-order valence-corrected chi connectivity index (χ2v) is 18.2. The van der Waals surface area contributed by atoms with Crippen LogP contribution in [0.4, 0.5) is 0 Å². The Balaban J connectivity index is 3.55. The number of rotatable bonds is 49. The van der Waals surface area contributed by atoms with Crippen LogP contribution in [-0.2, 0) is 14.3 Å². The second kappa shape index (κ2) is 50.7. The number of amides is 1. The number of carbonyl (C=O) groups excluding carboxylic acids is 2. The number of ether oxygens (including phenoxy) is 1. The molecule has 0 saturated carbocycles. The Morgan fingerprint density at radius 1 is 0.459 bits per heavy atom. The van der Waals surface area contributed by atoms with Gasteiger partial charge in [-0.05, 0) is 77.0 Å². The molecule has 6 nitrogen and oxygen atoms in total. The molecule has 0 spiro atoms. The molecule has 0 saturated heterocycles. The van der Waals surface area contributed by atoms with Crippen LogP contribution in [-0.4, -0.2) is 47.4 Å². The highest BCUT2D eigenvalue weighted by Gasteiger charge is 2.20. The molecule has 0 aromatic rings. The van der Waals surface area contributed by atoms with Crippen molar-refractivity contribution < 1.29 is 24.5 Å². The molecule has 0 aliphatic carbocycles. The Morgan fingerprint density at radius 2 is 0.836 bits per heavy atom. The third-order valence-electron chi connectivity index (χ3n) is 12.2. The van der Waals surface area contributed by atoms with Crippen LogP contribution in [0.3, 0.4) is 0 Å². The van der Waals surface area contributed by atoms with Gasteiger partial charge in [0.05, 0.1) is 25.4 Å². The summed E-state index contributed by atoms with van der Waals surface area (Å²) in [5.74, 6) is -0.145. The largest absolute Gasteiger partial charge is 0.466 e. The van der Waals surface area contributed by atoms with E-state index >= 15 is 0 Å². The number of hydrogen-bond donors (Lipinski definition) is 3. The van der Waals surface area contributed by atoms with Gasteiger partial charge in [0.1, 0.15) is 0 Å². The summed E-state index contributed by atoms with van der Waals surface area (Å²) in [6, 6.07) is -0.581. The lowest BCUT2D eigenvalue weighted by atomic mass is 10.0. The first-order valence-corrected chi connectivity index (χ1v) is 26.7.